The first kappa shape index (κ1) is 12.5. The van der Waals surface area contributed by atoms with Gasteiger partial charge in [-0.1, -0.05) is 30.3 Å². The Morgan fingerprint density at radius 3 is 2.86 bits per heavy atom. The van der Waals surface area contributed by atoms with Gasteiger partial charge in [0.15, 0.2) is 5.78 Å². The van der Waals surface area contributed by atoms with Crippen LogP contribution in [-0.2, 0) is 6.42 Å². The minimum Gasteiger partial charge on any atom is -0.493 e. The molecule has 0 amide bonds. The first-order valence-corrected chi connectivity index (χ1v) is 7.35. The van der Waals surface area contributed by atoms with Gasteiger partial charge in [-0.3, -0.25) is 4.79 Å². The highest BCUT2D eigenvalue weighted by Gasteiger charge is 2.31. The third kappa shape index (κ3) is 2.00. The van der Waals surface area contributed by atoms with E-state index in [0.29, 0.717) is 18.8 Å². The second-order valence-electron chi connectivity index (χ2n) is 5.48. The summed E-state index contributed by atoms with van der Waals surface area (Å²) in [7, 11) is 0. The molecule has 1 unspecified atom stereocenters. The number of rotatable bonds is 2. The zero-order valence-electron chi connectivity index (χ0n) is 11.7. The largest absolute Gasteiger partial charge is 0.493 e. The van der Waals surface area contributed by atoms with Crippen molar-refractivity contribution < 1.29 is 14.3 Å². The Labute approximate surface area is 123 Å². The minimum absolute atomic E-state index is 0.134. The fraction of sp³-hybridized carbons (Fsp3) is 0.278. The summed E-state index contributed by atoms with van der Waals surface area (Å²) in [6.45, 7) is 1.26. The molecule has 1 atom stereocenters. The summed E-state index contributed by atoms with van der Waals surface area (Å²) in [5.74, 6) is 1.62. The highest BCUT2D eigenvalue weighted by Crippen LogP contribution is 2.38. The number of hydrogen-bond acceptors (Lipinski definition) is 3. The van der Waals surface area contributed by atoms with Crippen LogP contribution in [0.5, 0.6) is 11.5 Å². The monoisotopic (exact) mass is 280 g/mol. The standard InChI is InChI=1S/C18H16O3/c19-17(15-6-3-4-12-8-10-21-18(12)15)14-9-11-20-16-7-2-1-5-13(14)16/h1-7,14H,8-11H2. The lowest BCUT2D eigenvalue weighted by Crippen LogP contribution is -2.21. The van der Waals surface area contributed by atoms with Crippen LogP contribution >= 0.6 is 0 Å². The van der Waals surface area contributed by atoms with Gasteiger partial charge in [0.1, 0.15) is 11.5 Å². The molecule has 106 valence electrons. The molecule has 0 spiro atoms. The zero-order chi connectivity index (χ0) is 14.2. The molecular weight excluding hydrogens is 264 g/mol. The summed E-state index contributed by atoms with van der Waals surface area (Å²) in [6.07, 6.45) is 1.61. The lowest BCUT2D eigenvalue weighted by molar-refractivity contribution is 0.0930. The third-order valence-electron chi connectivity index (χ3n) is 4.25. The lowest BCUT2D eigenvalue weighted by atomic mass is 9.85. The number of ether oxygens (including phenoxy) is 2. The van der Waals surface area contributed by atoms with Crippen LogP contribution in [0.3, 0.4) is 0 Å². The summed E-state index contributed by atoms with van der Waals surface area (Å²) in [5, 5.41) is 0. The highest BCUT2D eigenvalue weighted by molar-refractivity contribution is 6.04. The number of fused-ring (bicyclic) bond motifs is 2. The van der Waals surface area contributed by atoms with Crippen molar-refractivity contribution >= 4 is 5.78 Å². The molecule has 0 saturated heterocycles. The average molecular weight is 280 g/mol. The maximum Gasteiger partial charge on any atom is 0.174 e. The normalized spacial score (nSPS) is 19.1. The molecule has 0 saturated carbocycles. The van der Waals surface area contributed by atoms with E-state index >= 15 is 0 Å². The quantitative estimate of drug-likeness (QED) is 0.791. The molecule has 0 N–H and O–H groups in total. The van der Waals surface area contributed by atoms with Gasteiger partial charge in [0, 0.05) is 12.0 Å². The lowest BCUT2D eigenvalue weighted by Gasteiger charge is -2.25. The number of ketones is 1. The average Bonchev–Trinajstić information content (AvgIpc) is 3.02. The van der Waals surface area contributed by atoms with Crippen LogP contribution < -0.4 is 9.47 Å². The molecule has 0 radical (unpaired) electrons. The van der Waals surface area contributed by atoms with Crippen molar-refractivity contribution in [1.29, 1.82) is 0 Å². The molecule has 0 aromatic heterocycles. The molecule has 2 heterocycles. The van der Waals surface area contributed by atoms with Crippen molar-refractivity contribution in [2.75, 3.05) is 13.2 Å². The molecule has 4 rings (SSSR count). The Morgan fingerprint density at radius 1 is 1.00 bits per heavy atom. The summed E-state index contributed by atoms with van der Waals surface area (Å²) in [5.41, 5.74) is 2.84. The first-order chi connectivity index (χ1) is 10.3. The maximum absolute atomic E-state index is 13.0. The van der Waals surface area contributed by atoms with Gasteiger partial charge in [-0.25, -0.2) is 0 Å². The number of benzene rings is 2. The maximum atomic E-state index is 13.0. The Bertz CT molecular complexity index is 705. The van der Waals surface area contributed by atoms with Gasteiger partial charge in [-0.05, 0) is 24.1 Å². The van der Waals surface area contributed by atoms with Gasteiger partial charge >= 0.3 is 0 Å². The van der Waals surface area contributed by atoms with E-state index in [1.807, 2.05) is 42.5 Å². The number of carbonyl (C=O) groups is 1. The van der Waals surface area contributed by atoms with Gasteiger partial charge in [0.05, 0.1) is 24.7 Å². The number of para-hydroxylation sites is 2. The topological polar surface area (TPSA) is 35.5 Å². The van der Waals surface area contributed by atoms with Crippen LogP contribution in [0.1, 0.15) is 33.8 Å². The predicted octanol–water partition coefficient (Wildman–Crippen LogP) is 3.37. The summed E-state index contributed by atoms with van der Waals surface area (Å²) in [6, 6.07) is 13.7. The fourth-order valence-electron chi connectivity index (χ4n) is 3.21. The molecule has 2 aliphatic rings. The smallest absolute Gasteiger partial charge is 0.174 e. The zero-order valence-corrected chi connectivity index (χ0v) is 11.7. The Kier molecular flexibility index (Phi) is 2.92. The number of hydrogen-bond donors (Lipinski definition) is 0. The van der Waals surface area contributed by atoms with Crippen molar-refractivity contribution in [1.82, 2.24) is 0 Å². The van der Waals surface area contributed by atoms with Crippen LogP contribution in [0, 0.1) is 0 Å². The molecule has 0 fully saturated rings. The molecule has 21 heavy (non-hydrogen) atoms. The van der Waals surface area contributed by atoms with Gasteiger partial charge in [0.25, 0.3) is 0 Å². The van der Waals surface area contributed by atoms with E-state index in [0.717, 1.165) is 35.5 Å². The highest BCUT2D eigenvalue weighted by atomic mass is 16.5. The minimum atomic E-state index is -0.134. The van der Waals surface area contributed by atoms with Crippen molar-refractivity contribution in [3.63, 3.8) is 0 Å². The molecule has 2 aliphatic heterocycles. The fourth-order valence-corrected chi connectivity index (χ4v) is 3.21. The van der Waals surface area contributed by atoms with E-state index in [1.54, 1.807) is 0 Å². The van der Waals surface area contributed by atoms with E-state index in [9.17, 15) is 4.79 Å². The first-order valence-electron chi connectivity index (χ1n) is 7.35. The molecule has 3 heteroatoms. The van der Waals surface area contributed by atoms with E-state index in [1.165, 1.54) is 0 Å². The van der Waals surface area contributed by atoms with Crippen LogP contribution in [0.15, 0.2) is 42.5 Å². The summed E-state index contributed by atoms with van der Waals surface area (Å²) >= 11 is 0. The second-order valence-corrected chi connectivity index (χ2v) is 5.48. The van der Waals surface area contributed by atoms with Gasteiger partial charge in [-0.2, -0.15) is 0 Å². The van der Waals surface area contributed by atoms with E-state index in [4.69, 9.17) is 9.47 Å². The van der Waals surface area contributed by atoms with E-state index in [2.05, 4.69) is 0 Å². The summed E-state index contributed by atoms with van der Waals surface area (Å²) in [4.78, 5) is 13.0. The van der Waals surface area contributed by atoms with Gasteiger partial charge in [-0.15, -0.1) is 0 Å². The van der Waals surface area contributed by atoms with E-state index < -0.39 is 0 Å². The van der Waals surface area contributed by atoms with Crippen LogP contribution in [0.4, 0.5) is 0 Å². The van der Waals surface area contributed by atoms with Crippen LogP contribution in [-0.4, -0.2) is 19.0 Å². The number of carbonyl (C=O) groups excluding carboxylic acids is 1. The summed E-state index contributed by atoms with van der Waals surface area (Å²) < 4.78 is 11.3. The molecule has 0 bridgehead atoms. The van der Waals surface area contributed by atoms with Gasteiger partial charge in [0.2, 0.25) is 0 Å². The Balaban J connectivity index is 1.75. The SMILES string of the molecule is O=C(c1cccc2c1OCC2)C1CCOc2ccccc21. The van der Waals surface area contributed by atoms with Crippen molar-refractivity contribution in [3.8, 4) is 11.5 Å². The van der Waals surface area contributed by atoms with Crippen molar-refractivity contribution in [2.24, 2.45) is 0 Å². The molecule has 2 aromatic rings. The second kappa shape index (κ2) is 4.92. The molecule has 3 nitrogen and oxygen atoms in total. The van der Waals surface area contributed by atoms with E-state index in [-0.39, 0.29) is 11.7 Å². The van der Waals surface area contributed by atoms with Crippen LogP contribution in [0.2, 0.25) is 0 Å². The van der Waals surface area contributed by atoms with Crippen LogP contribution in [0.25, 0.3) is 0 Å². The Morgan fingerprint density at radius 2 is 1.90 bits per heavy atom. The third-order valence-corrected chi connectivity index (χ3v) is 4.25. The van der Waals surface area contributed by atoms with Gasteiger partial charge < -0.3 is 9.47 Å². The predicted molar refractivity (Wildman–Crippen MR) is 79.3 cm³/mol. The molecule has 0 aliphatic carbocycles. The molecule has 2 aromatic carbocycles. The van der Waals surface area contributed by atoms with Crippen molar-refractivity contribution in [2.45, 2.75) is 18.8 Å². The molecular formula is C18H16O3. The van der Waals surface area contributed by atoms with Crippen molar-refractivity contribution in [3.05, 3.63) is 59.2 Å². The number of Topliss-reactive ketones (excluding diaryl/α,β-unsaturated/α-hetero) is 1. The Hall–Kier alpha value is -2.29.